The van der Waals surface area contributed by atoms with Crippen LogP contribution in [0, 0.1) is 5.82 Å². The number of aromatic nitrogens is 2. The van der Waals surface area contributed by atoms with Crippen LogP contribution in [-0.4, -0.2) is 9.55 Å². The van der Waals surface area contributed by atoms with Crippen LogP contribution in [0.15, 0.2) is 9.59 Å². The minimum atomic E-state index is -5.10. The molecular weight excluding hydrogens is 232 g/mol. The smallest absolute Gasteiger partial charge is 0.300 e. The van der Waals surface area contributed by atoms with Crippen LogP contribution in [0.2, 0.25) is 0 Å². The first-order valence-electron chi connectivity index (χ1n) is 4.27. The Balaban J connectivity index is 3.66. The minimum Gasteiger partial charge on any atom is -0.300 e. The third-order valence-electron chi connectivity index (χ3n) is 1.88. The number of nitrogens with one attached hydrogen (secondary N) is 1. The highest BCUT2D eigenvalue weighted by atomic mass is 19.4. The molecule has 0 fully saturated rings. The van der Waals surface area contributed by atoms with E-state index in [-0.39, 0.29) is 0 Å². The Kier molecular flexibility index (Phi) is 2.93. The van der Waals surface area contributed by atoms with Crippen molar-refractivity contribution in [1.29, 1.82) is 0 Å². The Morgan fingerprint density at radius 3 is 2.12 bits per heavy atom. The van der Waals surface area contributed by atoms with Gasteiger partial charge in [-0.05, 0) is 13.8 Å². The summed E-state index contributed by atoms with van der Waals surface area (Å²) in [5.74, 6) is -2.00. The molecule has 1 N–H and O–H groups in total. The summed E-state index contributed by atoms with van der Waals surface area (Å²) in [5, 5.41) is 0. The number of halogens is 4. The van der Waals surface area contributed by atoms with Crippen molar-refractivity contribution in [3.63, 3.8) is 0 Å². The SMILES string of the molecule is CC(C)n1c(=O)[nH]c(C(F)(F)F)c(F)c1=O. The van der Waals surface area contributed by atoms with Crippen LogP contribution >= 0.6 is 0 Å². The van der Waals surface area contributed by atoms with E-state index in [9.17, 15) is 27.2 Å². The molecule has 0 saturated carbocycles. The molecule has 16 heavy (non-hydrogen) atoms. The zero-order valence-electron chi connectivity index (χ0n) is 8.35. The molecule has 4 nitrogen and oxygen atoms in total. The van der Waals surface area contributed by atoms with Gasteiger partial charge in [0, 0.05) is 6.04 Å². The lowest BCUT2D eigenvalue weighted by atomic mass is 10.3. The fourth-order valence-corrected chi connectivity index (χ4v) is 1.19. The van der Waals surface area contributed by atoms with E-state index in [1.54, 1.807) is 0 Å². The van der Waals surface area contributed by atoms with Gasteiger partial charge >= 0.3 is 11.9 Å². The van der Waals surface area contributed by atoms with Gasteiger partial charge in [0.25, 0.3) is 5.56 Å². The largest absolute Gasteiger partial charge is 0.434 e. The van der Waals surface area contributed by atoms with Crippen LogP contribution < -0.4 is 11.2 Å². The Bertz CT molecular complexity index is 512. The molecule has 1 heterocycles. The predicted molar refractivity (Wildman–Crippen MR) is 46.7 cm³/mol. The lowest BCUT2D eigenvalue weighted by Crippen LogP contribution is -2.41. The topological polar surface area (TPSA) is 54.9 Å². The number of aromatic amines is 1. The number of hydrogen-bond acceptors (Lipinski definition) is 2. The van der Waals surface area contributed by atoms with E-state index in [0.717, 1.165) is 0 Å². The van der Waals surface area contributed by atoms with Gasteiger partial charge < -0.3 is 4.98 Å². The molecule has 0 amide bonds. The fourth-order valence-electron chi connectivity index (χ4n) is 1.19. The van der Waals surface area contributed by atoms with E-state index in [1.807, 2.05) is 0 Å². The molecule has 0 bridgehead atoms. The lowest BCUT2D eigenvalue weighted by Gasteiger charge is -2.12. The van der Waals surface area contributed by atoms with Crippen molar-refractivity contribution in [2.45, 2.75) is 26.1 Å². The third kappa shape index (κ3) is 2.00. The predicted octanol–water partition coefficient (Wildman–Crippen LogP) is 1.28. The van der Waals surface area contributed by atoms with E-state index in [0.29, 0.717) is 4.57 Å². The maximum absolute atomic E-state index is 13.1. The average molecular weight is 240 g/mol. The normalized spacial score (nSPS) is 12.2. The van der Waals surface area contributed by atoms with Gasteiger partial charge in [0.2, 0.25) is 5.82 Å². The Hall–Kier alpha value is -1.60. The molecule has 0 aliphatic carbocycles. The van der Waals surface area contributed by atoms with E-state index >= 15 is 0 Å². The van der Waals surface area contributed by atoms with Crippen molar-refractivity contribution < 1.29 is 17.6 Å². The first-order valence-corrected chi connectivity index (χ1v) is 4.27. The van der Waals surface area contributed by atoms with Crippen molar-refractivity contribution in [2.75, 3.05) is 0 Å². The van der Waals surface area contributed by atoms with Crippen molar-refractivity contribution in [2.24, 2.45) is 0 Å². The Labute approximate surface area is 86.5 Å². The van der Waals surface area contributed by atoms with E-state index in [4.69, 9.17) is 0 Å². The molecule has 1 aromatic rings. The molecule has 0 aliphatic rings. The maximum Gasteiger partial charge on any atom is 0.434 e. The zero-order chi connectivity index (χ0) is 12.7. The highest BCUT2D eigenvalue weighted by Crippen LogP contribution is 2.27. The van der Waals surface area contributed by atoms with Crippen LogP contribution in [0.4, 0.5) is 17.6 Å². The molecule has 90 valence electrons. The number of hydrogen-bond donors (Lipinski definition) is 1. The molecule has 1 aromatic heterocycles. The van der Waals surface area contributed by atoms with E-state index in [1.165, 1.54) is 18.8 Å². The monoisotopic (exact) mass is 240 g/mol. The summed E-state index contributed by atoms with van der Waals surface area (Å²) in [6.07, 6.45) is -5.10. The van der Waals surface area contributed by atoms with Crippen LogP contribution in [0.1, 0.15) is 25.6 Å². The van der Waals surface area contributed by atoms with Crippen molar-refractivity contribution in [3.05, 3.63) is 32.3 Å². The highest BCUT2D eigenvalue weighted by Gasteiger charge is 2.37. The third-order valence-corrected chi connectivity index (χ3v) is 1.88. The van der Waals surface area contributed by atoms with Crippen LogP contribution in [0.5, 0.6) is 0 Å². The van der Waals surface area contributed by atoms with Gasteiger partial charge in [-0.2, -0.15) is 17.6 Å². The van der Waals surface area contributed by atoms with Crippen LogP contribution in [0.25, 0.3) is 0 Å². The molecule has 1 rings (SSSR count). The number of nitrogens with zero attached hydrogens (tertiary/aromatic N) is 1. The van der Waals surface area contributed by atoms with Gasteiger partial charge in [-0.15, -0.1) is 0 Å². The molecule has 8 heteroatoms. The van der Waals surface area contributed by atoms with Gasteiger partial charge in [-0.25, -0.2) is 4.79 Å². The lowest BCUT2D eigenvalue weighted by molar-refractivity contribution is -0.144. The summed E-state index contributed by atoms with van der Waals surface area (Å²) >= 11 is 0. The van der Waals surface area contributed by atoms with Gasteiger partial charge in [-0.3, -0.25) is 9.36 Å². The Morgan fingerprint density at radius 2 is 1.75 bits per heavy atom. The second kappa shape index (κ2) is 3.76. The van der Waals surface area contributed by atoms with Gasteiger partial charge in [0.05, 0.1) is 0 Å². The van der Waals surface area contributed by atoms with Gasteiger partial charge in [0.1, 0.15) is 0 Å². The molecule has 0 saturated heterocycles. The number of H-pyrrole nitrogens is 1. The first kappa shape index (κ1) is 12.5. The highest BCUT2D eigenvalue weighted by molar-refractivity contribution is 5.07. The second-order valence-electron chi connectivity index (χ2n) is 3.39. The molecule has 0 unspecified atom stereocenters. The molecule has 0 atom stereocenters. The average Bonchev–Trinajstić information content (AvgIpc) is 2.09. The summed E-state index contributed by atoms with van der Waals surface area (Å²) in [7, 11) is 0. The fraction of sp³-hybridized carbons (Fsp3) is 0.500. The van der Waals surface area contributed by atoms with Crippen LogP contribution in [0.3, 0.4) is 0 Å². The molecule has 0 radical (unpaired) electrons. The molecule has 0 spiro atoms. The standard InChI is InChI=1S/C8H8F4N2O2/c1-3(2)14-6(15)4(9)5(8(10,11)12)13-7(14)16/h3H,1-2H3,(H,13,16). The van der Waals surface area contributed by atoms with Crippen molar-refractivity contribution >= 4 is 0 Å². The summed E-state index contributed by atoms with van der Waals surface area (Å²) in [4.78, 5) is 23.6. The number of alkyl halides is 3. The minimum absolute atomic E-state index is 0.380. The number of rotatable bonds is 1. The van der Waals surface area contributed by atoms with Gasteiger partial charge in [0.15, 0.2) is 5.69 Å². The van der Waals surface area contributed by atoms with E-state index in [2.05, 4.69) is 0 Å². The summed E-state index contributed by atoms with van der Waals surface area (Å²) in [6.45, 7) is 2.76. The summed E-state index contributed by atoms with van der Waals surface area (Å²) < 4.78 is 50.0. The van der Waals surface area contributed by atoms with Crippen molar-refractivity contribution in [3.8, 4) is 0 Å². The molecular formula is C8H8F4N2O2. The maximum atomic E-state index is 13.1. The Morgan fingerprint density at radius 1 is 1.25 bits per heavy atom. The van der Waals surface area contributed by atoms with Crippen molar-refractivity contribution in [1.82, 2.24) is 9.55 Å². The zero-order valence-corrected chi connectivity index (χ0v) is 8.35. The van der Waals surface area contributed by atoms with Gasteiger partial charge in [-0.1, -0.05) is 0 Å². The summed E-state index contributed by atoms with van der Waals surface area (Å²) in [5.41, 5.74) is -4.81. The first-order chi connectivity index (χ1) is 7.16. The quantitative estimate of drug-likeness (QED) is 0.751. The molecule has 0 aliphatic heterocycles. The second-order valence-corrected chi connectivity index (χ2v) is 3.39. The van der Waals surface area contributed by atoms with E-state index < -0.39 is 35.0 Å². The summed E-state index contributed by atoms with van der Waals surface area (Å²) in [6, 6.07) is -0.729. The molecule has 0 aromatic carbocycles. The van der Waals surface area contributed by atoms with Crippen LogP contribution in [-0.2, 0) is 6.18 Å².